The first kappa shape index (κ1) is 61.6. The Morgan fingerprint density at radius 3 is 2.03 bits per heavy atom. The Kier molecular flexibility index (Phi) is 18.7. The van der Waals surface area contributed by atoms with E-state index in [1.54, 1.807) is 49.1 Å². The lowest BCUT2D eigenvalue weighted by molar-refractivity contribution is -0.438. The van der Waals surface area contributed by atoms with Gasteiger partial charge in [0.15, 0.2) is 5.71 Å². The van der Waals surface area contributed by atoms with Crippen LogP contribution in [0.1, 0.15) is 87.5 Å². The van der Waals surface area contributed by atoms with Gasteiger partial charge in [-0.1, -0.05) is 45.4 Å². The summed E-state index contributed by atoms with van der Waals surface area (Å²) < 4.78 is 172. The Labute approximate surface area is 458 Å². The molecule has 0 spiro atoms. The Bertz CT molecular complexity index is 3980. The van der Waals surface area contributed by atoms with Crippen molar-refractivity contribution in [3.8, 4) is 0 Å². The molecule has 0 saturated heterocycles. The van der Waals surface area contributed by atoms with Crippen LogP contribution in [0.25, 0.3) is 27.1 Å². The van der Waals surface area contributed by atoms with Crippen molar-refractivity contribution in [1.82, 2.24) is 10.3 Å². The van der Waals surface area contributed by atoms with Crippen LogP contribution in [-0.4, -0.2) is 135 Å². The minimum atomic E-state index is -5.07. The highest BCUT2D eigenvalue weighted by molar-refractivity contribution is 7.87. The predicted molar refractivity (Wildman–Crippen MR) is 291 cm³/mol. The third-order valence-corrected chi connectivity index (χ3v) is 16.6. The second-order valence-corrected chi connectivity index (χ2v) is 25.5. The summed E-state index contributed by atoms with van der Waals surface area (Å²) in [7, 11) is -22.2. The van der Waals surface area contributed by atoms with E-state index in [2.05, 4.69) is 21.8 Å². The number of carboxylic acids is 1. The number of aliphatic carboxylic acids is 1. The first-order chi connectivity index (χ1) is 36.7. The molecule has 2 aliphatic heterocycles. The Balaban J connectivity index is 0.00000243. The third-order valence-electron chi connectivity index (χ3n) is 13.3. The quantitative estimate of drug-likeness (QED) is 0.0208. The van der Waals surface area contributed by atoms with Gasteiger partial charge in [0.05, 0.1) is 51.9 Å². The van der Waals surface area contributed by atoms with Crippen molar-refractivity contribution in [2.75, 3.05) is 43.5 Å². The summed E-state index contributed by atoms with van der Waals surface area (Å²) in [6.07, 6.45) is 9.84. The van der Waals surface area contributed by atoms with Crippen LogP contribution in [0.3, 0.4) is 0 Å². The van der Waals surface area contributed by atoms with Gasteiger partial charge >= 0.3 is 16.6 Å². The number of nitrogens with zero attached hydrogens (tertiary/aromatic N) is 3. The highest BCUT2D eigenvalue weighted by atomic mass is 32.2. The number of unbranched alkanes of at least 4 members (excludes halogenated alkanes) is 1. The number of ether oxygens (including phenoxy) is 1. The lowest BCUT2D eigenvalue weighted by atomic mass is 9.79. The number of carboxylic acid groups (broad SMARTS) is 1. The van der Waals surface area contributed by atoms with Gasteiger partial charge in [0.25, 0.3) is 46.4 Å². The van der Waals surface area contributed by atoms with Gasteiger partial charge < -0.3 is 20.1 Å². The molecule has 0 atom stereocenters. The zero-order chi connectivity index (χ0) is 58.6. The number of allylic oxidation sites excluding steroid dienone is 6. The maximum Gasteiger partial charge on any atom is 0.425 e. The van der Waals surface area contributed by atoms with Crippen LogP contribution in [0.4, 0.5) is 11.4 Å². The maximum absolute atomic E-state index is 13.2. The summed E-state index contributed by atoms with van der Waals surface area (Å²) in [5.41, 5.74) is 2.74. The van der Waals surface area contributed by atoms with E-state index >= 15 is 0 Å². The van der Waals surface area contributed by atoms with Crippen molar-refractivity contribution >= 4 is 107 Å². The Hall–Kier alpha value is -6.60. The normalized spacial score (nSPS) is 15.8. The van der Waals surface area contributed by atoms with Gasteiger partial charge in [0, 0.05) is 71.2 Å². The first-order valence-corrected chi connectivity index (χ1v) is 31.0. The molecule has 0 radical (unpaired) electrons. The van der Waals surface area contributed by atoms with E-state index in [0.717, 1.165) is 41.3 Å². The molecule has 0 bridgehead atoms. The van der Waals surface area contributed by atoms with E-state index in [4.69, 9.17) is 22.5 Å². The number of benzene rings is 4. The minimum absolute atomic E-state index is 0.0310. The van der Waals surface area contributed by atoms with Crippen molar-refractivity contribution in [2.24, 2.45) is 0 Å². The number of rotatable bonds is 21. The van der Waals surface area contributed by atoms with Crippen molar-refractivity contribution in [1.29, 1.82) is 0 Å². The van der Waals surface area contributed by atoms with Crippen LogP contribution in [0, 0.1) is 0 Å². The molecule has 1 amide bonds. The first-order valence-electron chi connectivity index (χ1n) is 24.1. The number of amides is 1. The van der Waals surface area contributed by atoms with E-state index in [1.807, 2.05) is 38.1 Å². The molecule has 424 valence electrons. The van der Waals surface area contributed by atoms with Crippen LogP contribution in [0.5, 0.6) is 0 Å². The van der Waals surface area contributed by atoms with E-state index in [-0.39, 0.29) is 60.4 Å². The van der Waals surface area contributed by atoms with Gasteiger partial charge in [0.1, 0.15) is 11.4 Å². The van der Waals surface area contributed by atoms with Gasteiger partial charge in [-0.05, 0) is 103 Å². The molecular weight excluding hydrogens is 1130 g/mol. The number of nitrogens with one attached hydrogen (secondary N) is 1. The van der Waals surface area contributed by atoms with Crippen LogP contribution >= 0.6 is 0 Å². The number of pyridine rings is 1. The number of carbonyl (C=O) groups excluding carboxylic acids is 1. The summed E-state index contributed by atoms with van der Waals surface area (Å²) in [6.45, 7) is 10.2. The minimum Gasteiger partial charge on any atom is -0.481 e. The number of aromatic nitrogens is 1. The number of carbonyl (C=O) groups is 2. The molecule has 2 aliphatic rings. The van der Waals surface area contributed by atoms with Crippen molar-refractivity contribution in [2.45, 2.75) is 85.8 Å². The molecule has 0 aliphatic carbocycles. The van der Waals surface area contributed by atoms with Gasteiger partial charge in [-0.15, -0.1) is 12.6 Å². The fourth-order valence-corrected chi connectivity index (χ4v) is 12.1. The van der Waals surface area contributed by atoms with E-state index in [1.165, 1.54) is 30.5 Å². The summed E-state index contributed by atoms with van der Waals surface area (Å²) in [5.74, 6) is -2.14. The van der Waals surface area contributed by atoms with E-state index < -0.39 is 89.3 Å². The standard InChI is InChI=1S/C51H56N4O16S4.O3S/c1-6-7-23-54-41-17-11-32-9-14-35(73(62,63)64)28-38(32)47(41)50(2,3)44(54)19-12-33(40-16-10-34(31-53-40)49(58)52-22-26-71-25-21-46(56)57)13-20-45-51(4,5)48-39-29-36(74(65,66)67)30-43(75(68,69)70)37(39)15-18-42(48)55(45)24-8-27-72(59,60)61;1-4(2)3/h9-20,28-31H,6-8,21-27H2,1-5H3,(H5-,52,56,57,58,59,60,61,62,63,64,65,66,67,68,69,70);/p+1. The highest BCUT2D eigenvalue weighted by Gasteiger charge is 2.46. The fraction of sp³-hybridized carbons (Fsp3) is 0.333. The second-order valence-electron chi connectivity index (χ2n) is 19.3. The van der Waals surface area contributed by atoms with Gasteiger partial charge in [0.2, 0.25) is 5.69 Å². The molecular formula is C51H57N4O19S5+. The van der Waals surface area contributed by atoms with E-state index in [9.17, 15) is 61.5 Å². The largest absolute Gasteiger partial charge is 0.481 e. The molecule has 5 aromatic rings. The molecule has 0 saturated carbocycles. The Morgan fingerprint density at radius 1 is 0.772 bits per heavy atom. The predicted octanol–water partition coefficient (Wildman–Crippen LogP) is 6.12. The lowest BCUT2D eigenvalue weighted by Crippen LogP contribution is -2.28. The van der Waals surface area contributed by atoms with Crippen LogP contribution in [-0.2, 0) is 71.4 Å². The summed E-state index contributed by atoms with van der Waals surface area (Å²) in [5, 5.41) is 12.9. The molecule has 0 unspecified atom stereocenters. The molecule has 7 rings (SSSR count). The van der Waals surface area contributed by atoms with Gasteiger partial charge in [-0.3, -0.25) is 32.8 Å². The molecule has 3 heterocycles. The average Bonchev–Trinajstić information content (AvgIpc) is 3.96. The van der Waals surface area contributed by atoms with Gasteiger partial charge in [-0.2, -0.15) is 38.2 Å². The van der Waals surface area contributed by atoms with Crippen LogP contribution in [0.15, 0.2) is 118 Å². The van der Waals surface area contributed by atoms with Crippen molar-refractivity contribution in [3.05, 3.63) is 125 Å². The maximum atomic E-state index is 13.2. The van der Waals surface area contributed by atoms with E-state index in [0.29, 0.717) is 46.2 Å². The smallest absolute Gasteiger partial charge is 0.425 e. The van der Waals surface area contributed by atoms with Crippen molar-refractivity contribution in [3.63, 3.8) is 0 Å². The fourth-order valence-electron chi connectivity index (χ4n) is 9.79. The zero-order valence-electron chi connectivity index (χ0n) is 43.1. The monoisotopic (exact) mass is 1190 g/mol. The second kappa shape index (κ2) is 24.0. The molecule has 4 aromatic carbocycles. The highest BCUT2D eigenvalue weighted by Crippen LogP contribution is 2.52. The van der Waals surface area contributed by atoms with Crippen LogP contribution in [0.2, 0.25) is 0 Å². The molecule has 23 nitrogen and oxygen atoms in total. The number of hydrogen-bond donors (Lipinski definition) is 6. The van der Waals surface area contributed by atoms with Crippen molar-refractivity contribution < 1.29 is 88.5 Å². The third kappa shape index (κ3) is 14.4. The lowest BCUT2D eigenvalue weighted by Gasteiger charge is -2.27. The SMILES string of the molecule is CCCC[N+]1=C(/C=C/C(=C/C=C2/N(CCCS(=O)(=O)O)c3ccc4c(S(=O)(=O)O)cc(S(=O)(=O)O)cc4c3C2(C)C)c2ccc(C(=O)NCCOCCC(=O)O)cn2)C(C)(C)c2c1ccc1ccc(S(=O)(=O)O)cc21.O=S(=O)=O. The summed E-state index contributed by atoms with van der Waals surface area (Å²) in [6, 6.07) is 16.1. The molecule has 0 fully saturated rings. The number of hydrogen-bond acceptors (Lipinski definition) is 16. The Morgan fingerprint density at radius 2 is 1.43 bits per heavy atom. The number of anilines is 1. The molecule has 1 aromatic heterocycles. The van der Waals surface area contributed by atoms with Gasteiger partial charge in [-0.25, -0.2) is 0 Å². The number of fused-ring (bicyclic) bond motifs is 6. The summed E-state index contributed by atoms with van der Waals surface area (Å²) in [4.78, 5) is 28.6. The molecule has 6 N–H and O–H groups in total. The molecule has 79 heavy (non-hydrogen) atoms. The topological polar surface area (TPSA) is 363 Å². The average molecular weight is 1190 g/mol. The zero-order valence-corrected chi connectivity index (χ0v) is 47.2. The summed E-state index contributed by atoms with van der Waals surface area (Å²) >= 11 is 0. The molecule has 28 heteroatoms. The van der Waals surface area contributed by atoms with Crippen LogP contribution < -0.4 is 10.2 Å².